The Bertz CT molecular complexity index is 439. The first-order valence-electron chi connectivity index (χ1n) is 5.98. The lowest BCUT2D eigenvalue weighted by Gasteiger charge is -2.18. The van der Waals surface area contributed by atoms with Crippen molar-refractivity contribution in [2.75, 3.05) is 0 Å². The fourth-order valence-electron chi connectivity index (χ4n) is 1.32. The van der Waals surface area contributed by atoms with E-state index in [1.54, 1.807) is 0 Å². The van der Waals surface area contributed by atoms with Gasteiger partial charge in [0.2, 0.25) is 29.9 Å². The monoisotopic (exact) mass is 300 g/mol. The highest BCUT2D eigenvalue weighted by Gasteiger charge is 2.23. The number of primary amides is 2. The summed E-state index contributed by atoms with van der Waals surface area (Å²) in [6.45, 7) is 1.33. The van der Waals surface area contributed by atoms with E-state index in [9.17, 15) is 24.0 Å². The van der Waals surface area contributed by atoms with Crippen molar-refractivity contribution in [1.29, 1.82) is 0 Å². The van der Waals surface area contributed by atoms with Gasteiger partial charge in [-0.15, -0.1) is 0 Å². The van der Waals surface area contributed by atoms with Gasteiger partial charge in [0.05, 0.1) is 18.9 Å². The quantitative estimate of drug-likeness (QED) is 0.290. The van der Waals surface area contributed by atoms with E-state index in [0.717, 1.165) is 0 Å². The van der Waals surface area contributed by atoms with Gasteiger partial charge in [-0.1, -0.05) is 0 Å². The van der Waals surface area contributed by atoms with Crippen LogP contribution < -0.4 is 27.8 Å². The van der Waals surface area contributed by atoms with Gasteiger partial charge in [0, 0.05) is 0 Å². The molecule has 0 unspecified atom stereocenters. The zero-order valence-electron chi connectivity index (χ0n) is 11.4. The average molecular weight is 300 g/mol. The molecule has 8 N–H and O–H groups in total. The van der Waals surface area contributed by atoms with Gasteiger partial charge in [0.1, 0.15) is 12.1 Å². The minimum Gasteiger partial charge on any atom is -0.370 e. The predicted octanol–water partition coefficient (Wildman–Crippen LogP) is -3.84. The molecule has 0 saturated heterocycles. The molecule has 0 rings (SSSR count). The summed E-state index contributed by atoms with van der Waals surface area (Å²) in [6, 6.07) is -3.43. The normalized spacial score (nSPS) is 14.4. The summed E-state index contributed by atoms with van der Waals surface area (Å²) in [6.07, 6.45) is 0.666. The van der Waals surface area contributed by atoms with Crippen LogP contribution >= 0.6 is 0 Å². The third-order valence-electron chi connectivity index (χ3n) is 2.37. The first kappa shape index (κ1) is 18.5. The lowest BCUT2D eigenvalue weighted by molar-refractivity contribution is -0.130. The average Bonchev–Trinajstić information content (AvgIpc) is 2.36. The number of amides is 4. The molecule has 21 heavy (non-hydrogen) atoms. The molecule has 0 aliphatic heterocycles. The number of carbonyl (C=O) groups excluding carboxylic acids is 5. The standard InChI is InChI=1S/C11H18N5O5/c1-5(15-11(21)7(12)3-9(14)19)10(20)16-6(4-17)2-8(13)18/h5-7H,2-3,12H2,1H3,(H2,13,18)(H2,14,19)(H,15,21)(H,16,20)/t5-,6-,7-/m0/s1. The maximum Gasteiger partial charge on any atom is 0.242 e. The van der Waals surface area contributed by atoms with E-state index in [1.807, 2.05) is 0 Å². The summed E-state index contributed by atoms with van der Waals surface area (Å²) in [5, 5.41) is 4.41. The minimum atomic E-state index is -1.20. The van der Waals surface area contributed by atoms with Crippen LogP contribution in [0.15, 0.2) is 0 Å². The van der Waals surface area contributed by atoms with Gasteiger partial charge in [-0.25, -0.2) is 0 Å². The number of nitrogens with two attached hydrogens (primary N) is 3. The van der Waals surface area contributed by atoms with Crippen LogP contribution in [0.2, 0.25) is 0 Å². The molecule has 10 nitrogen and oxygen atoms in total. The van der Waals surface area contributed by atoms with Crippen LogP contribution in [-0.4, -0.2) is 48.0 Å². The molecule has 10 heteroatoms. The van der Waals surface area contributed by atoms with Crippen molar-refractivity contribution < 1.29 is 24.0 Å². The molecular formula is C11H18N5O5. The highest BCUT2D eigenvalue weighted by Crippen LogP contribution is 1.93. The Balaban J connectivity index is 4.44. The Morgan fingerprint density at radius 2 is 1.52 bits per heavy atom. The summed E-state index contributed by atoms with van der Waals surface area (Å²) in [7, 11) is 0. The van der Waals surface area contributed by atoms with E-state index in [0.29, 0.717) is 0 Å². The SMILES string of the molecule is C[C@H](NC(=O)[C@@H](N)CC(N)=O)C(=O)N[C@H]([C]=O)CC(N)=O. The first-order chi connectivity index (χ1) is 9.67. The van der Waals surface area contributed by atoms with Gasteiger partial charge in [0.25, 0.3) is 0 Å². The van der Waals surface area contributed by atoms with E-state index < -0.39 is 48.2 Å². The van der Waals surface area contributed by atoms with Crippen LogP contribution in [0.4, 0.5) is 0 Å². The molecular weight excluding hydrogens is 282 g/mol. The van der Waals surface area contributed by atoms with Crippen LogP contribution in [0, 0.1) is 0 Å². The van der Waals surface area contributed by atoms with E-state index in [4.69, 9.17) is 17.2 Å². The fourth-order valence-corrected chi connectivity index (χ4v) is 1.32. The third kappa shape index (κ3) is 7.62. The maximum atomic E-state index is 11.7. The second-order valence-corrected chi connectivity index (χ2v) is 4.36. The molecule has 0 spiro atoms. The van der Waals surface area contributed by atoms with Gasteiger partial charge < -0.3 is 27.8 Å². The van der Waals surface area contributed by atoms with Crippen molar-refractivity contribution in [2.24, 2.45) is 17.2 Å². The fraction of sp³-hybridized carbons (Fsp3) is 0.545. The molecule has 0 heterocycles. The molecule has 0 aromatic heterocycles. The summed E-state index contributed by atoms with van der Waals surface area (Å²) in [4.78, 5) is 55.0. The predicted molar refractivity (Wildman–Crippen MR) is 70.8 cm³/mol. The molecule has 0 aromatic carbocycles. The molecule has 0 aromatic rings. The Morgan fingerprint density at radius 3 is 1.95 bits per heavy atom. The van der Waals surface area contributed by atoms with Crippen LogP contribution in [0.25, 0.3) is 0 Å². The second-order valence-electron chi connectivity index (χ2n) is 4.36. The van der Waals surface area contributed by atoms with Gasteiger partial charge in [-0.3, -0.25) is 24.0 Å². The van der Waals surface area contributed by atoms with E-state index in [1.165, 1.54) is 13.2 Å². The Hall–Kier alpha value is -2.49. The third-order valence-corrected chi connectivity index (χ3v) is 2.37. The molecule has 117 valence electrons. The minimum absolute atomic E-state index is 0.368. The van der Waals surface area contributed by atoms with Crippen LogP contribution in [-0.2, 0) is 24.0 Å². The number of carbonyl (C=O) groups is 4. The Labute approximate surface area is 120 Å². The second kappa shape index (κ2) is 8.64. The van der Waals surface area contributed by atoms with Gasteiger partial charge >= 0.3 is 0 Å². The zero-order valence-corrected chi connectivity index (χ0v) is 11.4. The van der Waals surface area contributed by atoms with Crippen molar-refractivity contribution in [1.82, 2.24) is 10.6 Å². The number of hydrogen-bond acceptors (Lipinski definition) is 6. The highest BCUT2D eigenvalue weighted by molar-refractivity contribution is 5.93. The topological polar surface area (TPSA) is 187 Å². The van der Waals surface area contributed by atoms with E-state index in [2.05, 4.69) is 10.6 Å². The maximum absolute atomic E-state index is 11.7. The number of nitrogens with one attached hydrogen (secondary N) is 2. The molecule has 0 bridgehead atoms. The van der Waals surface area contributed by atoms with Crippen molar-refractivity contribution in [2.45, 2.75) is 37.9 Å². The van der Waals surface area contributed by atoms with Gasteiger partial charge in [-0.05, 0) is 6.92 Å². The molecule has 1 radical (unpaired) electrons. The molecule has 0 aliphatic carbocycles. The number of hydrogen-bond donors (Lipinski definition) is 5. The van der Waals surface area contributed by atoms with Crippen LogP contribution in [0.1, 0.15) is 19.8 Å². The number of rotatable bonds is 9. The van der Waals surface area contributed by atoms with Crippen LogP contribution in [0.5, 0.6) is 0 Å². The van der Waals surface area contributed by atoms with E-state index in [-0.39, 0.29) is 6.42 Å². The molecule has 0 saturated carbocycles. The van der Waals surface area contributed by atoms with Crippen molar-refractivity contribution in [3.63, 3.8) is 0 Å². The first-order valence-corrected chi connectivity index (χ1v) is 5.98. The zero-order chi connectivity index (χ0) is 16.6. The lowest BCUT2D eigenvalue weighted by Crippen LogP contribution is -2.53. The summed E-state index contributed by atoms with van der Waals surface area (Å²) >= 11 is 0. The molecule has 3 atom stereocenters. The van der Waals surface area contributed by atoms with Crippen molar-refractivity contribution >= 4 is 29.9 Å². The smallest absolute Gasteiger partial charge is 0.242 e. The van der Waals surface area contributed by atoms with E-state index >= 15 is 0 Å². The molecule has 4 amide bonds. The summed E-state index contributed by atoms with van der Waals surface area (Å²) in [5.74, 6) is -3.03. The van der Waals surface area contributed by atoms with Gasteiger partial charge in [-0.2, -0.15) is 0 Å². The van der Waals surface area contributed by atoms with Crippen molar-refractivity contribution in [3.05, 3.63) is 0 Å². The van der Waals surface area contributed by atoms with Crippen molar-refractivity contribution in [3.8, 4) is 0 Å². The molecule has 0 aliphatic rings. The molecule has 0 fully saturated rings. The largest absolute Gasteiger partial charge is 0.370 e. The summed E-state index contributed by atoms with van der Waals surface area (Å²) in [5.41, 5.74) is 15.2. The van der Waals surface area contributed by atoms with Gasteiger partial charge in [0.15, 0.2) is 0 Å². The van der Waals surface area contributed by atoms with Crippen LogP contribution in [0.3, 0.4) is 0 Å². The summed E-state index contributed by atoms with van der Waals surface area (Å²) < 4.78 is 0. The lowest BCUT2D eigenvalue weighted by atomic mass is 10.1. The Kier molecular flexibility index (Phi) is 7.61. The highest BCUT2D eigenvalue weighted by atomic mass is 16.2. The Morgan fingerprint density at radius 1 is 1.00 bits per heavy atom.